The largest absolute Gasteiger partial charge is 0.493 e. The van der Waals surface area contributed by atoms with Crippen LogP contribution in [0.5, 0.6) is 11.5 Å². The molecule has 0 aliphatic rings. The van der Waals surface area contributed by atoms with E-state index in [0.29, 0.717) is 29.5 Å². The molecular formula is C20H22N4O6. The van der Waals surface area contributed by atoms with E-state index in [1.807, 2.05) is 6.92 Å². The van der Waals surface area contributed by atoms with E-state index in [2.05, 4.69) is 9.97 Å². The first-order chi connectivity index (χ1) is 14.4. The summed E-state index contributed by atoms with van der Waals surface area (Å²) < 4.78 is 13.0. The summed E-state index contributed by atoms with van der Waals surface area (Å²) in [6, 6.07) is 5.02. The van der Waals surface area contributed by atoms with Gasteiger partial charge >= 0.3 is 11.7 Å². The Kier molecular flexibility index (Phi) is 6.05. The van der Waals surface area contributed by atoms with Gasteiger partial charge in [-0.25, -0.2) is 14.6 Å². The highest BCUT2D eigenvalue weighted by Crippen LogP contribution is 2.28. The van der Waals surface area contributed by atoms with Gasteiger partial charge in [-0.1, -0.05) is 12.1 Å². The molecule has 3 aromatic rings. The SMILES string of the molecule is CCn1c(=O)c2[nH]c(/C=C/c3ccc(OCC(=O)O)c(OC)c3)nc2n(CC)c1=O. The second-order valence-electron chi connectivity index (χ2n) is 6.32. The zero-order valence-corrected chi connectivity index (χ0v) is 16.8. The van der Waals surface area contributed by atoms with E-state index in [4.69, 9.17) is 14.6 Å². The molecule has 0 unspecified atom stereocenters. The fraction of sp³-hybridized carbons (Fsp3) is 0.300. The molecule has 0 atom stereocenters. The van der Waals surface area contributed by atoms with Gasteiger partial charge in [0.1, 0.15) is 11.3 Å². The summed E-state index contributed by atoms with van der Waals surface area (Å²) in [6.45, 7) is 3.74. The smallest absolute Gasteiger partial charge is 0.341 e. The van der Waals surface area contributed by atoms with E-state index < -0.39 is 18.1 Å². The molecule has 0 aliphatic heterocycles. The van der Waals surface area contributed by atoms with Crippen LogP contribution in [0.1, 0.15) is 25.2 Å². The Morgan fingerprint density at radius 1 is 1.17 bits per heavy atom. The lowest BCUT2D eigenvalue weighted by atomic mass is 10.2. The van der Waals surface area contributed by atoms with Crippen molar-refractivity contribution >= 4 is 29.3 Å². The number of nitrogens with zero attached hydrogens (tertiary/aromatic N) is 3. The molecule has 158 valence electrons. The number of rotatable bonds is 8. The van der Waals surface area contributed by atoms with Gasteiger partial charge in [0, 0.05) is 13.1 Å². The summed E-state index contributed by atoms with van der Waals surface area (Å²) in [7, 11) is 1.46. The third kappa shape index (κ3) is 3.97. The van der Waals surface area contributed by atoms with Crippen LogP contribution in [0.2, 0.25) is 0 Å². The number of hydrogen-bond acceptors (Lipinski definition) is 6. The maximum atomic E-state index is 12.5. The lowest BCUT2D eigenvalue weighted by Gasteiger charge is -2.09. The average molecular weight is 414 g/mol. The van der Waals surface area contributed by atoms with Gasteiger partial charge in [0.25, 0.3) is 5.56 Å². The maximum absolute atomic E-state index is 12.5. The van der Waals surface area contributed by atoms with Crippen LogP contribution in [0.25, 0.3) is 23.3 Å². The Bertz CT molecular complexity index is 1230. The van der Waals surface area contributed by atoms with Crippen molar-refractivity contribution in [3.05, 3.63) is 50.4 Å². The number of hydrogen-bond donors (Lipinski definition) is 2. The number of aliphatic carboxylic acids is 1. The number of aryl methyl sites for hydroxylation is 1. The first kappa shape index (κ1) is 20.9. The van der Waals surface area contributed by atoms with Crippen molar-refractivity contribution in [3.63, 3.8) is 0 Å². The van der Waals surface area contributed by atoms with Crippen LogP contribution >= 0.6 is 0 Å². The molecule has 30 heavy (non-hydrogen) atoms. The molecule has 2 heterocycles. The number of fused-ring (bicyclic) bond motifs is 1. The Morgan fingerprint density at radius 3 is 2.53 bits per heavy atom. The Balaban J connectivity index is 1.96. The summed E-state index contributed by atoms with van der Waals surface area (Å²) in [5.41, 5.74) is 0.533. The predicted octanol–water partition coefficient (Wildman–Crippen LogP) is 1.57. The molecule has 2 aromatic heterocycles. The molecule has 0 saturated carbocycles. The Hall–Kier alpha value is -3.82. The molecule has 0 amide bonds. The molecule has 0 aliphatic carbocycles. The maximum Gasteiger partial charge on any atom is 0.341 e. The third-order valence-electron chi connectivity index (χ3n) is 4.48. The molecule has 2 N–H and O–H groups in total. The minimum absolute atomic E-state index is 0.271. The van der Waals surface area contributed by atoms with E-state index >= 15 is 0 Å². The second kappa shape index (κ2) is 8.68. The van der Waals surface area contributed by atoms with Crippen molar-refractivity contribution in [3.8, 4) is 11.5 Å². The van der Waals surface area contributed by atoms with E-state index in [0.717, 1.165) is 10.1 Å². The van der Waals surface area contributed by atoms with Crippen LogP contribution in [-0.4, -0.2) is 43.9 Å². The highest BCUT2D eigenvalue weighted by atomic mass is 16.5. The molecule has 1 aromatic carbocycles. The molecule has 0 spiro atoms. The van der Waals surface area contributed by atoms with Crippen LogP contribution in [0.3, 0.4) is 0 Å². The predicted molar refractivity (Wildman–Crippen MR) is 111 cm³/mol. The first-order valence-electron chi connectivity index (χ1n) is 9.33. The number of carboxylic acid groups (broad SMARTS) is 1. The van der Waals surface area contributed by atoms with Gasteiger partial charge in [-0.3, -0.25) is 13.9 Å². The third-order valence-corrected chi connectivity index (χ3v) is 4.48. The standard InChI is InChI=1S/C20H22N4O6/c1-4-23-18-17(19(27)24(5-2)20(23)28)21-15(22-18)9-7-12-6-8-13(14(10-12)29-3)30-11-16(25)26/h6-10H,4-5,11H2,1-3H3,(H,21,22)(H,25,26)/b9-7+. The van der Waals surface area contributed by atoms with Gasteiger partial charge in [0.2, 0.25) is 0 Å². The van der Waals surface area contributed by atoms with Gasteiger partial charge in [-0.2, -0.15) is 0 Å². The lowest BCUT2D eigenvalue weighted by Crippen LogP contribution is -2.39. The van der Waals surface area contributed by atoms with Gasteiger partial charge in [0.15, 0.2) is 23.8 Å². The monoisotopic (exact) mass is 414 g/mol. The molecule has 10 nitrogen and oxygen atoms in total. The van der Waals surface area contributed by atoms with Crippen molar-refractivity contribution < 1.29 is 19.4 Å². The zero-order valence-electron chi connectivity index (χ0n) is 16.8. The van der Waals surface area contributed by atoms with Crippen LogP contribution in [0.4, 0.5) is 0 Å². The minimum atomic E-state index is -1.08. The number of carboxylic acids is 1. The molecule has 0 radical (unpaired) electrons. The fourth-order valence-electron chi connectivity index (χ4n) is 3.05. The molecule has 0 fully saturated rings. The number of nitrogens with one attached hydrogen (secondary N) is 1. The summed E-state index contributed by atoms with van der Waals surface area (Å²) in [6.07, 6.45) is 3.42. The van der Waals surface area contributed by atoms with E-state index in [-0.39, 0.29) is 17.8 Å². The number of carbonyl (C=O) groups is 1. The Morgan fingerprint density at radius 2 is 1.90 bits per heavy atom. The first-order valence-corrected chi connectivity index (χ1v) is 9.33. The van der Waals surface area contributed by atoms with E-state index in [1.165, 1.54) is 11.7 Å². The van der Waals surface area contributed by atoms with Gasteiger partial charge in [-0.05, 0) is 37.6 Å². The number of H-pyrrole nitrogens is 1. The minimum Gasteiger partial charge on any atom is -0.493 e. The van der Waals surface area contributed by atoms with Crippen molar-refractivity contribution in [1.29, 1.82) is 0 Å². The highest BCUT2D eigenvalue weighted by molar-refractivity contribution is 5.76. The second-order valence-corrected chi connectivity index (χ2v) is 6.32. The van der Waals surface area contributed by atoms with Crippen LogP contribution in [-0.2, 0) is 17.9 Å². The summed E-state index contributed by atoms with van der Waals surface area (Å²) in [5.74, 6) is 0.0304. The lowest BCUT2D eigenvalue weighted by molar-refractivity contribution is -0.139. The summed E-state index contributed by atoms with van der Waals surface area (Å²) in [4.78, 5) is 43.0. The molecule has 10 heteroatoms. The topological polar surface area (TPSA) is 128 Å². The van der Waals surface area contributed by atoms with Crippen LogP contribution in [0.15, 0.2) is 27.8 Å². The molecule has 0 saturated heterocycles. The molecule has 3 rings (SSSR count). The number of aromatic nitrogens is 4. The quantitative estimate of drug-likeness (QED) is 0.572. The zero-order chi connectivity index (χ0) is 21.8. The van der Waals surface area contributed by atoms with Gasteiger partial charge in [-0.15, -0.1) is 0 Å². The highest BCUT2D eigenvalue weighted by Gasteiger charge is 2.15. The van der Waals surface area contributed by atoms with Crippen molar-refractivity contribution in [2.45, 2.75) is 26.9 Å². The fourth-order valence-corrected chi connectivity index (χ4v) is 3.05. The van der Waals surface area contributed by atoms with Crippen molar-refractivity contribution in [2.24, 2.45) is 0 Å². The molecule has 0 bridgehead atoms. The van der Waals surface area contributed by atoms with Gasteiger partial charge < -0.3 is 19.6 Å². The van der Waals surface area contributed by atoms with Crippen molar-refractivity contribution in [1.82, 2.24) is 19.1 Å². The Labute approximate surface area is 171 Å². The van der Waals surface area contributed by atoms with E-state index in [9.17, 15) is 14.4 Å². The van der Waals surface area contributed by atoms with Crippen LogP contribution < -0.4 is 20.7 Å². The number of aromatic amines is 1. The average Bonchev–Trinajstić information content (AvgIpc) is 3.16. The van der Waals surface area contributed by atoms with Crippen LogP contribution in [0, 0.1) is 0 Å². The summed E-state index contributed by atoms with van der Waals surface area (Å²) in [5, 5.41) is 8.74. The van der Waals surface area contributed by atoms with Crippen molar-refractivity contribution in [2.75, 3.05) is 13.7 Å². The number of methoxy groups -OCH3 is 1. The molecular weight excluding hydrogens is 392 g/mol. The van der Waals surface area contributed by atoms with E-state index in [1.54, 1.807) is 37.3 Å². The number of imidazole rings is 1. The number of benzene rings is 1. The number of ether oxygens (including phenoxy) is 2. The van der Waals surface area contributed by atoms with Gasteiger partial charge in [0.05, 0.1) is 7.11 Å². The summed E-state index contributed by atoms with van der Waals surface area (Å²) >= 11 is 0. The normalized spacial score (nSPS) is 11.3.